The fourth-order valence-electron chi connectivity index (χ4n) is 3.57. The molecule has 6 heteroatoms. The van der Waals surface area contributed by atoms with E-state index in [0.717, 1.165) is 42.3 Å². The van der Waals surface area contributed by atoms with Crippen LogP contribution in [0.4, 0.5) is 0 Å². The minimum atomic E-state index is -3.45. The topological polar surface area (TPSA) is 72.2 Å². The third-order valence-corrected chi connectivity index (χ3v) is 6.43. The van der Waals surface area contributed by atoms with Crippen molar-refractivity contribution in [3.05, 3.63) is 60.3 Å². The molecule has 2 aromatic carbocycles. The molecule has 0 spiro atoms. The van der Waals surface area contributed by atoms with Crippen LogP contribution < -0.4 is 4.72 Å². The Morgan fingerprint density at radius 1 is 0.920 bits per heavy atom. The summed E-state index contributed by atoms with van der Waals surface area (Å²) in [5, 5.41) is 5.32. The van der Waals surface area contributed by atoms with Crippen LogP contribution in [0.25, 0.3) is 11.0 Å². The number of fused-ring (bicyclic) bond motifs is 1. The van der Waals surface area contributed by atoms with Gasteiger partial charge in [0.1, 0.15) is 0 Å². The van der Waals surface area contributed by atoms with Crippen LogP contribution >= 0.6 is 0 Å². The number of nitrogens with zero attached hydrogens (tertiary/aromatic N) is 1. The molecule has 0 atom stereocenters. The number of benzene rings is 2. The summed E-state index contributed by atoms with van der Waals surface area (Å²) in [5.74, 6) is 0.320. The molecule has 1 aliphatic rings. The van der Waals surface area contributed by atoms with Crippen molar-refractivity contribution in [1.29, 1.82) is 0 Å². The average Bonchev–Trinajstić information content (AvgIpc) is 3.07. The van der Waals surface area contributed by atoms with E-state index < -0.39 is 10.0 Å². The first-order valence-electron chi connectivity index (χ1n) is 8.55. The van der Waals surface area contributed by atoms with Gasteiger partial charge >= 0.3 is 0 Å². The van der Waals surface area contributed by atoms with Crippen molar-refractivity contribution >= 4 is 21.0 Å². The molecule has 1 heterocycles. The van der Waals surface area contributed by atoms with E-state index in [1.807, 2.05) is 30.3 Å². The van der Waals surface area contributed by atoms with E-state index in [0.29, 0.717) is 10.8 Å². The normalized spacial score (nSPS) is 21.4. The van der Waals surface area contributed by atoms with Crippen molar-refractivity contribution in [3.8, 4) is 0 Å². The monoisotopic (exact) mass is 356 g/mol. The van der Waals surface area contributed by atoms with Crippen molar-refractivity contribution in [2.75, 3.05) is 0 Å². The van der Waals surface area contributed by atoms with Gasteiger partial charge in [-0.25, -0.2) is 13.1 Å². The van der Waals surface area contributed by atoms with Crippen molar-refractivity contribution in [2.45, 2.75) is 42.5 Å². The first kappa shape index (κ1) is 16.3. The van der Waals surface area contributed by atoms with Gasteiger partial charge in [0.25, 0.3) is 0 Å². The van der Waals surface area contributed by atoms with Crippen molar-refractivity contribution in [1.82, 2.24) is 9.88 Å². The van der Waals surface area contributed by atoms with Gasteiger partial charge in [-0.15, -0.1) is 0 Å². The highest BCUT2D eigenvalue weighted by Gasteiger charge is 2.28. The first-order valence-corrected chi connectivity index (χ1v) is 10.0. The number of nitrogens with one attached hydrogen (secondary N) is 1. The van der Waals surface area contributed by atoms with Crippen LogP contribution in [0.3, 0.4) is 0 Å². The third-order valence-electron chi connectivity index (χ3n) is 4.89. The van der Waals surface area contributed by atoms with E-state index in [2.05, 4.69) is 9.88 Å². The Balaban J connectivity index is 1.43. The fourth-order valence-corrected chi connectivity index (χ4v) is 4.90. The molecule has 0 aliphatic heterocycles. The van der Waals surface area contributed by atoms with Gasteiger partial charge in [0, 0.05) is 17.3 Å². The van der Waals surface area contributed by atoms with Crippen LogP contribution in [0.1, 0.15) is 37.3 Å². The minimum absolute atomic E-state index is 0.0281. The molecule has 25 heavy (non-hydrogen) atoms. The summed E-state index contributed by atoms with van der Waals surface area (Å²) < 4.78 is 33.1. The third kappa shape index (κ3) is 3.32. The van der Waals surface area contributed by atoms with E-state index in [1.165, 1.54) is 0 Å². The van der Waals surface area contributed by atoms with Crippen LogP contribution in [0.15, 0.2) is 64.0 Å². The molecule has 1 aromatic heterocycles. The zero-order valence-electron chi connectivity index (χ0n) is 13.8. The molecule has 130 valence electrons. The highest BCUT2D eigenvalue weighted by molar-refractivity contribution is 7.89. The standard InChI is InChI=1S/C19H20N2O3S/c22-25(23,16-6-2-1-3-7-16)21-15-12-10-14(11-13-15)19-17-8-4-5-9-18(17)24-20-19/h1-9,14-15,21H,10-13H2. The molecule has 0 radical (unpaired) electrons. The maximum Gasteiger partial charge on any atom is 0.240 e. The summed E-state index contributed by atoms with van der Waals surface area (Å²) in [6.07, 6.45) is 3.41. The number of sulfonamides is 1. The van der Waals surface area contributed by atoms with Crippen LogP contribution in [0, 0.1) is 0 Å². The van der Waals surface area contributed by atoms with Crippen molar-refractivity contribution in [2.24, 2.45) is 0 Å². The predicted molar refractivity (Wildman–Crippen MR) is 95.8 cm³/mol. The Morgan fingerprint density at radius 3 is 2.36 bits per heavy atom. The van der Waals surface area contributed by atoms with Crippen molar-refractivity contribution < 1.29 is 12.9 Å². The molecule has 0 amide bonds. The minimum Gasteiger partial charge on any atom is -0.356 e. The van der Waals surface area contributed by atoms with E-state index in [-0.39, 0.29) is 6.04 Å². The zero-order valence-corrected chi connectivity index (χ0v) is 14.6. The molecule has 1 aliphatic carbocycles. The number of aromatic nitrogens is 1. The molecule has 5 nitrogen and oxygen atoms in total. The average molecular weight is 356 g/mol. The van der Waals surface area contributed by atoms with Gasteiger partial charge in [-0.3, -0.25) is 0 Å². The number of para-hydroxylation sites is 1. The molecule has 1 N–H and O–H groups in total. The van der Waals surface area contributed by atoms with Crippen molar-refractivity contribution in [3.63, 3.8) is 0 Å². The lowest BCUT2D eigenvalue weighted by atomic mass is 9.83. The summed E-state index contributed by atoms with van der Waals surface area (Å²) in [7, 11) is -3.45. The molecule has 0 unspecified atom stereocenters. The lowest BCUT2D eigenvalue weighted by molar-refractivity contribution is 0.355. The molecule has 3 aromatic rings. The first-order chi connectivity index (χ1) is 12.1. The second-order valence-electron chi connectivity index (χ2n) is 6.55. The Bertz CT molecular complexity index is 959. The number of hydrogen-bond acceptors (Lipinski definition) is 4. The largest absolute Gasteiger partial charge is 0.356 e. The Hall–Kier alpha value is -2.18. The molecule has 0 bridgehead atoms. The molecule has 1 fully saturated rings. The van der Waals surface area contributed by atoms with E-state index in [9.17, 15) is 8.42 Å². The van der Waals surface area contributed by atoms with Gasteiger partial charge < -0.3 is 4.52 Å². The molecular formula is C19H20N2O3S. The van der Waals surface area contributed by atoms with Gasteiger partial charge in [0.05, 0.1) is 10.6 Å². The van der Waals surface area contributed by atoms with Crippen LogP contribution in [-0.2, 0) is 10.0 Å². The lowest BCUT2D eigenvalue weighted by Gasteiger charge is -2.28. The summed E-state index contributed by atoms with van der Waals surface area (Å²) in [5.41, 5.74) is 1.81. The SMILES string of the molecule is O=S(=O)(NC1CCC(c2noc3ccccc23)CC1)c1ccccc1. The smallest absolute Gasteiger partial charge is 0.240 e. The van der Waals surface area contributed by atoms with Gasteiger partial charge in [-0.2, -0.15) is 0 Å². The van der Waals surface area contributed by atoms with E-state index >= 15 is 0 Å². The van der Waals surface area contributed by atoms with Crippen LogP contribution in [0.2, 0.25) is 0 Å². The summed E-state index contributed by atoms with van der Waals surface area (Å²) in [4.78, 5) is 0.319. The van der Waals surface area contributed by atoms with Gasteiger partial charge in [0.15, 0.2) is 5.58 Å². The fraction of sp³-hybridized carbons (Fsp3) is 0.316. The van der Waals surface area contributed by atoms with E-state index in [1.54, 1.807) is 24.3 Å². The Labute approximate surface area is 147 Å². The lowest BCUT2D eigenvalue weighted by Crippen LogP contribution is -2.37. The molecule has 0 saturated heterocycles. The highest BCUT2D eigenvalue weighted by atomic mass is 32.2. The van der Waals surface area contributed by atoms with Crippen LogP contribution in [-0.4, -0.2) is 19.6 Å². The number of hydrogen-bond donors (Lipinski definition) is 1. The maximum absolute atomic E-state index is 12.4. The van der Waals surface area contributed by atoms with Crippen LogP contribution in [0.5, 0.6) is 0 Å². The van der Waals surface area contributed by atoms with Gasteiger partial charge in [0.2, 0.25) is 10.0 Å². The molecule has 1 saturated carbocycles. The quantitative estimate of drug-likeness (QED) is 0.771. The Morgan fingerprint density at radius 2 is 1.60 bits per heavy atom. The van der Waals surface area contributed by atoms with E-state index in [4.69, 9.17) is 4.52 Å². The van der Waals surface area contributed by atoms with Gasteiger partial charge in [-0.05, 0) is 49.9 Å². The Kier molecular flexibility index (Phi) is 4.31. The zero-order chi connectivity index (χ0) is 17.3. The number of rotatable bonds is 4. The summed E-state index contributed by atoms with van der Waals surface area (Å²) >= 11 is 0. The summed E-state index contributed by atoms with van der Waals surface area (Å²) in [6, 6.07) is 16.4. The molecule has 4 rings (SSSR count). The summed E-state index contributed by atoms with van der Waals surface area (Å²) in [6.45, 7) is 0. The highest BCUT2D eigenvalue weighted by Crippen LogP contribution is 2.36. The van der Waals surface area contributed by atoms with Gasteiger partial charge in [-0.1, -0.05) is 35.5 Å². The second kappa shape index (κ2) is 6.61. The predicted octanol–water partition coefficient (Wildman–Crippen LogP) is 3.83. The maximum atomic E-state index is 12.4. The molecular weight excluding hydrogens is 336 g/mol. The second-order valence-corrected chi connectivity index (χ2v) is 8.26.